The minimum Gasteiger partial charge on any atom is -0.396 e. The van der Waals surface area contributed by atoms with Crippen LogP contribution in [-0.4, -0.2) is 41.1 Å². The Morgan fingerprint density at radius 2 is 1.87 bits per heavy atom. The number of carbonyl (C=O) groups is 1. The fraction of sp³-hybridized carbons (Fsp3) is 0.632. The molecule has 1 amide bonds. The first-order chi connectivity index (χ1) is 11.3. The second kappa shape index (κ2) is 7.93. The summed E-state index contributed by atoms with van der Waals surface area (Å²) >= 11 is 0. The number of rotatable bonds is 5. The molecule has 4 heteroatoms. The van der Waals surface area contributed by atoms with Crippen molar-refractivity contribution in [2.24, 2.45) is 5.92 Å². The fourth-order valence-electron chi connectivity index (χ4n) is 3.92. The standard InChI is InChI=1S/C19H28N2O2/c22-14-16-8-10-17(11-9-16)20-19(23)18-7-4-12-21(18)13-15-5-2-1-3-6-15/h1-3,5-6,16-18,22H,4,7-14H2,(H,20,23). The molecule has 2 aliphatic rings. The summed E-state index contributed by atoms with van der Waals surface area (Å²) in [5.74, 6) is 0.634. The van der Waals surface area contributed by atoms with Gasteiger partial charge in [0.2, 0.25) is 5.91 Å². The average Bonchev–Trinajstić information content (AvgIpc) is 3.05. The van der Waals surface area contributed by atoms with Crippen LogP contribution in [0.25, 0.3) is 0 Å². The van der Waals surface area contributed by atoms with E-state index in [4.69, 9.17) is 0 Å². The molecule has 23 heavy (non-hydrogen) atoms. The lowest BCUT2D eigenvalue weighted by Gasteiger charge is -2.30. The molecule has 126 valence electrons. The molecule has 1 heterocycles. The maximum absolute atomic E-state index is 12.7. The molecule has 1 aliphatic heterocycles. The van der Waals surface area contributed by atoms with Crippen LogP contribution in [0.4, 0.5) is 0 Å². The van der Waals surface area contributed by atoms with Crippen LogP contribution in [0.2, 0.25) is 0 Å². The van der Waals surface area contributed by atoms with Crippen LogP contribution in [0, 0.1) is 5.92 Å². The summed E-state index contributed by atoms with van der Waals surface area (Å²) in [6.45, 7) is 2.15. The van der Waals surface area contributed by atoms with Gasteiger partial charge in [0.05, 0.1) is 6.04 Å². The number of aliphatic hydroxyl groups is 1. The molecular weight excluding hydrogens is 288 g/mol. The molecule has 1 unspecified atom stereocenters. The lowest BCUT2D eigenvalue weighted by atomic mass is 9.86. The predicted molar refractivity (Wildman–Crippen MR) is 90.8 cm³/mol. The molecule has 1 saturated carbocycles. The van der Waals surface area contributed by atoms with E-state index in [0.29, 0.717) is 12.0 Å². The van der Waals surface area contributed by atoms with E-state index in [1.165, 1.54) is 5.56 Å². The van der Waals surface area contributed by atoms with Gasteiger partial charge in [0.25, 0.3) is 0 Å². The van der Waals surface area contributed by atoms with Gasteiger partial charge in [-0.2, -0.15) is 0 Å². The lowest BCUT2D eigenvalue weighted by molar-refractivity contribution is -0.126. The van der Waals surface area contributed by atoms with Crippen LogP contribution in [0.5, 0.6) is 0 Å². The van der Waals surface area contributed by atoms with E-state index in [1.54, 1.807) is 0 Å². The molecule has 0 radical (unpaired) electrons. The number of likely N-dealkylation sites (tertiary alicyclic amines) is 1. The zero-order chi connectivity index (χ0) is 16.1. The SMILES string of the molecule is O=C(NC1CCC(CO)CC1)C1CCCN1Cc1ccccc1. The molecule has 2 fully saturated rings. The normalized spacial score (nSPS) is 28.7. The summed E-state index contributed by atoms with van der Waals surface area (Å²) in [7, 11) is 0. The highest BCUT2D eigenvalue weighted by Crippen LogP contribution is 2.25. The van der Waals surface area contributed by atoms with Crippen molar-refractivity contribution >= 4 is 5.91 Å². The third-order valence-corrected chi connectivity index (χ3v) is 5.35. The highest BCUT2D eigenvalue weighted by atomic mass is 16.3. The topological polar surface area (TPSA) is 52.6 Å². The molecule has 1 aromatic rings. The molecule has 0 aromatic heterocycles. The van der Waals surface area contributed by atoms with Gasteiger partial charge in [-0.1, -0.05) is 30.3 Å². The van der Waals surface area contributed by atoms with Crippen LogP contribution >= 0.6 is 0 Å². The van der Waals surface area contributed by atoms with Crippen molar-refractivity contribution < 1.29 is 9.90 Å². The number of amides is 1. The highest BCUT2D eigenvalue weighted by Gasteiger charge is 2.32. The summed E-state index contributed by atoms with van der Waals surface area (Å²) in [6.07, 6.45) is 6.12. The third kappa shape index (κ3) is 4.33. The van der Waals surface area contributed by atoms with Crippen molar-refractivity contribution in [3.63, 3.8) is 0 Å². The Morgan fingerprint density at radius 3 is 2.57 bits per heavy atom. The monoisotopic (exact) mass is 316 g/mol. The Labute approximate surface area is 138 Å². The minimum absolute atomic E-state index is 0.0192. The maximum Gasteiger partial charge on any atom is 0.237 e. The second-order valence-corrected chi connectivity index (χ2v) is 7.02. The predicted octanol–water partition coefficient (Wildman–Crippen LogP) is 2.32. The Morgan fingerprint density at radius 1 is 1.13 bits per heavy atom. The van der Waals surface area contributed by atoms with Crippen molar-refractivity contribution in [1.29, 1.82) is 0 Å². The molecule has 1 saturated heterocycles. The maximum atomic E-state index is 12.7. The summed E-state index contributed by atoms with van der Waals surface area (Å²) < 4.78 is 0. The van der Waals surface area contributed by atoms with Crippen LogP contribution in [0.15, 0.2) is 30.3 Å². The van der Waals surface area contributed by atoms with E-state index < -0.39 is 0 Å². The van der Waals surface area contributed by atoms with Crippen molar-refractivity contribution in [3.8, 4) is 0 Å². The molecule has 1 aromatic carbocycles. The van der Waals surface area contributed by atoms with Gasteiger partial charge in [-0.3, -0.25) is 9.69 Å². The van der Waals surface area contributed by atoms with Gasteiger partial charge in [-0.05, 0) is 56.6 Å². The molecule has 4 nitrogen and oxygen atoms in total. The molecule has 1 atom stereocenters. The average molecular weight is 316 g/mol. The Balaban J connectivity index is 1.52. The van der Waals surface area contributed by atoms with Gasteiger partial charge in [0.15, 0.2) is 0 Å². The summed E-state index contributed by atoms with van der Waals surface area (Å²) in [5.41, 5.74) is 1.27. The van der Waals surface area contributed by atoms with Crippen molar-refractivity contribution in [3.05, 3.63) is 35.9 Å². The molecule has 0 spiro atoms. The zero-order valence-corrected chi connectivity index (χ0v) is 13.8. The summed E-state index contributed by atoms with van der Waals surface area (Å²) in [4.78, 5) is 15.0. The second-order valence-electron chi connectivity index (χ2n) is 7.02. The number of nitrogens with zero attached hydrogens (tertiary/aromatic N) is 1. The quantitative estimate of drug-likeness (QED) is 0.876. The highest BCUT2D eigenvalue weighted by molar-refractivity contribution is 5.82. The van der Waals surface area contributed by atoms with Crippen LogP contribution in [0.3, 0.4) is 0 Å². The Bertz CT molecular complexity index is 497. The minimum atomic E-state index is 0.0192. The summed E-state index contributed by atoms with van der Waals surface area (Å²) in [5, 5.41) is 12.5. The van der Waals surface area contributed by atoms with Gasteiger partial charge < -0.3 is 10.4 Å². The van der Waals surface area contributed by atoms with E-state index in [-0.39, 0.29) is 18.6 Å². The van der Waals surface area contributed by atoms with E-state index in [9.17, 15) is 9.90 Å². The zero-order valence-electron chi connectivity index (χ0n) is 13.8. The first-order valence-electron chi connectivity index (χ1n) is 8.95. The van der Waals surface area contributed by atoms with Gasteiger partial charge in [0, 0.05) is 19.2 Å². The number of nitrogens with one attached hydrogen (secondary N) is 1. The van der Waals surface area contributed by atoms with Crippen molar-refractivity contribution in [2.45, 2.75) is 57.2 Å². The third-order valence-electron chi connectivity index (χ3n) is 5.35. The largest absolute Gasteiger partial charge is 0.396 e. The number of carbonyl (C=O) groups excluding carboxylic acids is 1. The molecule has 2 N–H and O–H groups in total. The molecule has 1 aliphatic carbocycles. The van der Waals surface area contributed by atoms with Gasteiger partial charge in [-0.15, -0.1) is 0 Å². The van der Waals surface area contributed by atoms with Gasteiger partial charge >= 0.3 is 0 Å². The van der Waals surface area contributed by atoms with E-state index in [2.05, 4.69) is 34.5 Å². The van der Waals surface area contributed by atoms with Crippen LogP contribution in [0.1, 0.15) is 44.1 Å². The Kier molecular flexibility index (Phi) is 5.68. The summed E-state index contributed by atoms with van der Waals surface area (Å²) in [6, 6.07) is 10.7. The van der Waals surface area contributed by atoms with E-state index >= 15 is 0 Å². The number of benzene rings is 1. The number of hydrogen-bond donors (Lipinski definition) is 2. The smallest absolute Gasteiger partial charge is 0.237 e. The first kappa shape index (κ1) is 16.5. The van der Waals surface area contributed by atoms with Crippen LogP contribution < -0.4 is 5.32 Å². The van der Waals surface area contributed by atoms with Gasteiger partial charge in [0.1, 0.15) is 0 Å². The lowest BCUT2D eigenvalue weighted by Crippen LogP contribution is -2.47. The van der Waals surface area contributed by atoms with Gasteiger partial charge in [-0.25, -0.2) is 0 Å². The van der Waals surface area contributed by atoms with Crippen molar-refractivity contribution in [2.75, 3.05) is 13.2 Å². The number of aliphatic hydroxyl groups excluding tert-OH is 1. The molecule has 0 bridgehead atoms. The molecular formula is C19H28N2O2. The van der Waals surface area contributed by atoms with E-state index in [0.717, 1.165) is 51.6 Å². The van der Waals surface area contributed by atoms with Crippen LogP contribution in [-0.2, 0) is 11.3 Å². The fourth-order valence-corrected chi connectivity index (χ4v) is 3.92. The van der Waals surface area contributed by atoms with E-state index in [1.807, 2.05) is 6.07 Å². The first-order valence-corrected chi connectivity index (χ1v) is 8.95. The Hall–Kier alpha value is -1.39. The molecule has 3 rings (SSSR count). The van der Waals surface area contributed by atoms with Crippen molar-refractivity contribution in [1.82, 2.24) is 10.2 Å². The number of hydrogen-bond acceptors (Lipinski definition) is 3.